The van der Waals surface area contributed by atoms with E-state index in [1.54, 1.807) is 0 Å². The molecule has 6 nitrogen and oxygen atoms in total. The first-order chi connectivity index (χ1) is 8.36. The van der Waals surface area contributed by atoms with Gasteiger partial charge < -0.3 is 4.74 Å². The Labute approximate surface area is 112 Å². The molecule has 0 aromatic heterocycles. The Morgan fingerprint density at radius 1 is 1.67 bits per heavy atom. The first kappa shape index (κ1) is 15.2. The Balaban J connectivity index is 2.66. The number of nitro groups is 1. The van der Waals surface area contributed by atoms with E-state index in [9.17, 15) is 14.9 Å². The van der Waals surface area contributed by atoms with E-state index in [-0.39, 0.29) is 17.4 Å². The Morgan fingerprint density at radius 2 is 2.33 bits per heavy atom. The number of hydrogen-bond acceptors (Lipinski definition) is 5. The molecule has 1 unspecified atom stereocenters. The van der Waals surface area contributed by atoms with Gasteiger partial charge in [-0.3, -0.25) is 14.9 Å². The van der Waals surface area contributed by atoms with Crippen LogP contribution in [0.4, 0.5) is 0 Å². The molecule has 0 bridgehead atoms. The van der Waals surface area contributed by atoms with Crippen LogP contribution in [0, 0.1) is 16.0 Å². The van der Waals surface area contributed by atoms with E-state index >= 15 is 0 Å². The van der Waals surface area contributed by atoms with Crippen molar-refractivity contribution in [1.82, 2.24) is 0 Å². The Kier molecular flexibility index (Phi) is 5.40. The number of carbonyl (C=O) groups is 1. The van der Waals surface area contributed by atoms with Crippen LogP contribution < -0.4 is 0 Å². The molecule has 8 heteroatoms. The number of halogens is 1. The van der Waals surface area contributed by atoms with Gasteiger partial charge in [-0.1, -0.05) is 13.8 Å². The second kappa shape index (κ2) is 6.38. The maximum Gasteiger partial charge on any atom is 0.313 e. The molecule has 0 fully saturated rings. The van der Waals surface area contributed by atoms with E-state index < -0.39 is 19.7 Å². The van der Waals surface area contributed by atoms with Crippen LogP contribution in [0.5, 0.6) is 0 Å². The van der Waals surface area contributed by atoms with E-state index in [1.165, 1.54) is 0 Å². The van der Waals surface area contributed by atoms with Gasteiger partial charge in [0.2, 0.25) is 0 Å². The van der Waals surface area contributed by atoms with Gasteiger partial charge in [0.25, 0.3) is 0 Å². The van der Waals surface area contributed by atoms with E-state index in [1.807, 2.05) is 13.8 Å². The fraction of sp³-hybridized carbons (Fsp3) is 0.800. The van der Waals surface area contributed by atoms with Crippen molar-refractivity contribution < 1.29 is 13.9 Å². The maximum absolute atomic E-state index is 11.6. The van der Waals surface area contributed by atoms with Gasteiger partial charge in [0.15, 0.2) is 9.43 Å². The highest BCUT2D eigenvalue weighted by molar-refractivity contribution is 8.56. The lowest BCUT2D eigenvalue weighted by Gasteiger charge is -2.25. The molecule has 0 saturated heterocycles. The number of esters is 1. The zero-order chi connectivity index (χ0) is 13.8. The van der Waals surface area contributed by atoms with Crippen molar-refractivity contribution in [3.8, 4) is 0 Å². The van der Waals surface area contributed by atoms with Crippen molar-refractivity contribution in [1.29, 1.82) is 0 Å². The standard InChI is InChI=1S/C10H17ClN2O4S/c1-8(2)4-5-9(14)17-10-12-6-3-7-18(10,11)13(15)16/h8H,3-7H2,1-2H3. The van der Waals surface area contributed by atoms with Crippen molar-refractivity contribution in [3.63, 3.8) is 0 Å². The number of aliphatic imine (C=N–C) groups is 1. The van der Waals surface area contributed by atoms with Crippen molar-refractivity contribution in [2.75, 3.05) is 12.3 Å². The van der Waals surface area contributed by atoms with Gasteiger partial charge in [-0.25, -0.2) is 4.99 Å². The monoisotopic (exact) mass is 296 g/mol. The molecule has 1 heterocycles. The quantitative estimate of drug-likeness (QED) is 0.454. The summed E-state index contributed by atoms with van der Waals surface area (Å²) in [6.07, 6.45) is 1.45. The third-order valence-electron chi connectivity index (χ3n) is 2.44. The summed E-state index contributed by atoms with van der Waals surface area (Å²) in [4.78, 5) is 26.4. The van der Waals surface area contributed by atoms with Gasteiger partial charge in [-0.2, -0.15) is 0 Å². The predicted octanol–water partition coefficient (Wildman–Crippen LogP) is 2.88. The molecule has 0 amide bonds. The number of hydrogen-bond donors (Lipinski definition) is 0. The second-order valence-corrected chi connectivity index (χ2v) is 8.28. The lowest BCUT2D eigenvalue weighted by Crippen LogP contribution is -2.27. The van der Waals surface area contributed by atoms with E-state index in [0.717, 1.165) is 0 Å². The van der Waals surface area contributed by atoms with Gasteiger partial charge in [0.1, 0.15) is 0 Å². The summed E-state index contributed by atoms with van der Waals surface area (Å²) < 4.78 is 4.43. The summed E-state index contributed by atoms with van der Waals surface area (Å²) in [5.41, 5.74) is 0. The van der Waals surface area contributed by atoms with Crippen molar-refractivity contribution in [2.24, 2.45) is 10.9 Å². The fourth-order valence-corrected chi connectivity index (χ4v) is 3.44. The van der Waals surface area contributed by atoms with Gasteiger partial charge in [-0.15, -0.1) is 0 Å². The average molecular weight is 297 g/mol. The molecule has 0 aromatic carbocycles. The van der Waals surface area contributed by atoms with Crippen LogP contribution in [-0.2, 0) is 9.53 Å². The number of nitrogens with zero attached hydrogens (tertiary/aromatic N) is 2. The Hall–Kier alpha value is -0.820. The molecule has 0 aliphatic carbocycles. The van der Waals surface area contributed by atoms with Gasteiger partial charge in [0, 0.05) is 23.6 Å². The van der Waals surface area contributed by atoms with Crippen LogP contribution in [0.25, 0.3) is 0 Å². The van der Waals surface area contributed by atoms with E-state index in [0.29, 0.717) is 25.3 Å². The molecule has 0 aromatic rings. The fourth-order valence-electron chi connectivity index (χ4n) is 1.40. The molecule has 0 saturated carbocycles. The topological polar surface area (TPSA) is 81.8 Å². The summed E-state index contributed by atoms with van der Waals surface area (Å²) in [6, 6.07) is 0. The van der Waals surface area contributed by atoms with E-state index in [2.05, 4.69) is 4.99 Å². The van der Waals surface area contributed by atoms with Gasteiger partial charge in [-0.05, 0) is 18.8 Å². The highest BCUT2D eigenvalue weighted by Crippen LogP contribution is 2.56. The molecule has 0 spiro atoms. The number of rotatable bonds is 4. The lowest BCUT2D eigenvalue weighted by atomic mass is 10.1. The zero-order valence-corrected chi connectivity index (χ0v) is 12.0. The largest absolute Gasteiger partial charge is 0.397 e. The van der Waals surface area contributed by atoms with Gasteiger partial charge in [0.05, 0.1) is 10.1 Å². The van der Waals surface area contributed by atoms with Crippen LogP contribution in [0.15, 0.2) is 4.99 Å². The highest BCUT2D eigenvalue weighted by atomic mass is 35.7. The Morgan fingerprint density at radius 3 is 2.89 bits per heavy atom. The van der Waals surface area contributed by atoms with Crippen molar-refractivity contribution in [2.45, 2.75) is 33.1 Å². The lowest BCUT2D eigenvalue weighted by molar-refractivity contribution is -0.290. The third kappa shape index (κ3) is 3.84. The smallest absolute Gasteiger partial charge is 0.313 e. The normalized spacial score (nSPS) is 27.2. The minimum absolute atomic E-state index is 0.186. The SMILES string of the molecule is CC(C)CCC(=O)OC1=NCCCS1(Cl)[N+](=O)[O-]. The molecule has 0 radical (unpaired) electrons. The molecule has 0 N–H and O–H groups in total. The first-order valence-corrected chi connectivity index (χ1v) is 8.35. The average Bonchev–Trinajstić information content (AvgIpc) is 2.29. The van der Waals surface area contributed by atoms with Crippen molar-refractivity contribution >= 4 is 31.3 Å². The highest BCUT2D eigenvalue weighted by Gasteiger charge is 2.45. The third-order valence-corrected chi connectivity index (χ3v) is 5.69. The zero-order valence-electron chi connectivity index (χ0n) is 10.4. The van der Waals surface area contributed by atoms with Crippen LogP contribution in [0.1, 0.15) is 33.1 Å². The molecule has 104 valence electrons. The molecule has 1 atom stereocenters. The second-order valence-electron chi connectivity index (χ2n) is 4.46. The number of carbonyl (C=O) groups excluding carboxylic acids is 1. The van der Waals surface area contributed by atoms with Crippen molar-refractivity contribution in [3.05, 3.63) is 10.1 Å². The molecule has 1 rings (SSSR count). The van der Waals surface area contributed by atoms with Crippen LogP contribution >= 0.6 is 20.1 Å². The molecular formula is C10H17ClN2O4S. The molecule has 1 aliphatic rings. The minimum Gasteiger partial charge on any atom is -0.397 e. The van der Waals surface area contributed by atoms with Crippen LogP contribution in [0.3, 0.4) is 0 Å². The molecular weight excluding hydrogens is 280 g/mol. The molecule has 1 aliphatic heterocycles. The summed E-state index contributed by atoms with van der Waals surface area (Å²) in [5, 5.41) is 10.8. The first-order valence-electron chi connectivity index (χ1n) is 5.76. The number of ether oxygens (including phenoxy) is 1. The van der Waals surface area contributed by atoms with Crippen LogP contribution in [0.2, 0.25) is 0 Å². The summed E-state index contributed by atoms with van der Waals surface area (Å²) in [5.74, 6) is 0.0795. The molecule has 18 heavy (non-hydrogen) atoms. The summed E-state index contributed by atoms with van der Waals surface area (Å²) >= 11 is 0. The van der Waals surface area contributed by atoms with Gasteiger partial charge >= 0.3 is 11.2 Å². The Bertz CT molecular complexity index is 375. The summed E-state index contributed by atoms with van der Waals surface area (Å²) in [6.45, 7) is 4.39. The predicted molar refractivity (Wildman–Crippen MR) is 72.4 cm³/mol. The maximum atomic E-state index is 11.6. The van der Waals surface area contributed by atoms with Crippen LogP contribution in [-0.4, -0.2) is 27.8 Å². The minimum atomic E-state index is -2.83. The summed E-state index contributed by atoms with van der Waals surface area (Å²) in [7, 11) is 3.13. The van der Waals surface area contributed by atoms with E-state index in [4.69, 9.17) is 15.4 Å².